The third-order valence-electron chi connectivity index (χ3n) is 15.6. The van der Waals surface area contributed by atoms with E-state index in [0.29, 0.717) is 29.6 Å². The number of carboxylic acids is 1. The second kappa shape index (κ2) is 23.8. The first-order valence-corrected chi connectivity index (χ1v) is 26.2. The number of nitrogens with zero attached hydrogens (tertiary/aromatic N) is 2. The SMILES string of the molecule is CC(C)(C)C1CCC(Oc2ccc(-c3ccc(CN4CCC(C(=O)O)CC4)cc3)cc2)CC1.CCOC(=O)C1CCN(Cc2ccc(-c3ccc(OC4CCC(C(C)(C)C)CC4)cc3)cc2)CC1. The number of rotatable bonds is 13. The molecule has 368 valence electrons. The second-order valence-corrected chi connectivity index (χ2v) is 22.5. The van der Waals surface area contributed by atoms with E-state index >= 15 is 0 Å². The number of hydrogen-bond acceptors (Lipinski definition) is 7. The van der Waals surface area contributed by atoms with Gasteiger partial charge in [0.1, 0.15) is 11.5 Å². The van der Waals surface area contributed by atoms with Crippen molar-refractivity contribution in [1.82, 2.24) is 9.80 Å². The van der Waals surface area contributed by atoms with Gasteiger partial charge in [-0.05, 0) is 190 Å². The molecule has 4 aliphatic rings. The average Bonchev–Trinajstić information content (AvgIpc) is 3.33. The van der Waals surface area contributed by atoms with Crippen LogP contribution in [0.4, 0.5) is 0 Å². The molecule has 4 aromatic rings. The number of benzene rings is 4. The molecule has 68 heavy (non-hydrogen) atoms. The summed E-state index contributed by atoms with van der Waals surface area (Å²) < 4.78 is 17.8. The molecule has 8 heteroatoms. The molecular weight excluding hydrogens is 845 g/mol. The van der Waals surface area contributed by atoms with E-state index in [2.05, 4.69) is 148 Å². The maximum absolute atomic E-state index is 12.0. The Morgan fingerprint density at radius 2 is 0.809 bits per heavy atom. The van der Waals surface area contributed by atoms with Crippen molar-refractivity contribution >= 4 is 11.9 Å². The highest BCUT2D eigenvalue weighted by atomic mass is 16.5. The Morgan fingerprint density at radius 1 is 0.485 bits per heavy atom. The molecule has 1 N–H and O–H groups in total. The van der Waals surface area contributed by atoms with Crippen LogP contribution in [0, 0.1) is 34.5 Å². The molecule has 0 unspecified atom stereocenters. The van der Waals surface area contributed by atoms with Crippen LogP contribution >= 0.6 is 0 Å². The van der Waals surface area contributed by atoms with Crippen LogP contribution < -0.4 is 9.47 Å². The van der Waals surface area contributed by atoms with E-state index in [4.69, 9.17) is 19.3 Å². The van der Waals surface area contributed by atoms with Gasteiger partial charge in [-0.15, -0.1) is 0 Å². The van der Waals surface area contributed by atoms with Gasteiger partial charge >= 0.3 is 11.9 Å². The van der Waals surface area contributed by atoms with Crippen LogP contribution in [0.25, 0.3) is 22.3 Å². The highest BCUT2D eigenvalue weighted by Crippen LogP contribution is 2.40. The number of esters is 1. The fourth-order valence-electron chi connectivity index (χ4n) is 11.0. The lowest BCUT2D eigenvalue weighted by molar-refractivity contribution is -0.149. The molecule has 2 heterocycles. The zero-order valence-corrected chi connectivity index (χ0v) is 42.5. The molecule has 0 spiro atoms. The average molecular weight is 927 g/mol. The fraction of sp³-hybridized carbons (Fsp3) is 0.567. The summed E-state index contributed by atoms with van der Waals surface area (Å²) >= 11 is 0. The second-order valence-electron chi connectivity index (χ2n) is 22.5. The number of carboxylic acid groups (broad SMARTS) is 1. The molecule has 0 bridgehead atoms. The summed E-state index contributed by atoms with van der Waals surface area (Å²) in [6.45, 7) is 21.9. The molecule has 2 aliphatic carbocycles. The predicted octanol–water partition coefficient (Wildman–Crippen LogP) is 13.7. The van der Waals surface area contributed by atoms with Gasteiger partial charge < -0.3 is 19.3 Å². The molecule has 0 radical (unpaired) electrons. The molecule has 2 aliphatic heterocycles. The minimum atomic E-state index is -0.650. The molecule has 4 aromatic carbocycles. The molecule has 2 saturated carbocycles. The quantitative estimate of drug-likeness (QED) is 0.133. The van der Waals surface area contributed by atoms with Crippen LogP contribution in [0.1, 0.15) is 137 Å². The number of ether oxygens (including phenoxy) is 3. The van der Waals surface area contributed by atoms with E-state index < -0.39 is 5.97 Å². The Kier molecular flexibility index (Phi) is 17.9. The lowest BCUT2D eigenvalue weighted by Gasteiger charge is -2.37. The van der Waals surface area contributed by atoms with E-state index in [1.54, 1.807) is 0 Å². The van der Waals surface area contributed by atoms with E-state index in [-0.39, 0.29) is 17.8 Å². The maximum Gasteiger partial charge on any atom is 0.309 e. The van der Waals surface area contributed by atoms with Crippen molar-refractivity contribution in [2.75, 3.05) is 32.8 Å². The predicted molar refractivity (Wildman–Crippen MR) is 276 cm³/mol. The largest absolute Gasteiger partial charge is 0.490 e. The van der Waals surface area contributed by atoms with Gasteiger partial charge in [-0.25, -0.2) is 0 Å². The van der Waals surface area contributed by atoms with Gasteiger partial charge in [-0.1, -0.05) is 114 Å². The first-order valence-electron chi connectivity index (χ1n) is 26.2. The number of carbonyl (C=O) groups excluding carboxylic acids is 1. The summed E-state index contributed by atoms with van der Waals surface area (Å²) in [4.78, 5) is 27.9. The van der Waals surface area contributed by atoms with E-state index in [0.717, 1.165) is 114 Å². The molecule has 8 rings (SSSR count). The number of carbonyl (C=O) groups is 2. The van der Waals surface area contributed by atoms with Crippen LogP contribution in [0.5, 0.6) is 11.5 Å². The summed E-state index contributed by atoms with van der Waals surface area (Å²) in [7, 11) is 0. The van der Waals surface area contributed by atoms with Crippen molar-refractivity contribution in [1.29, 1.82) is 0 Å². The summed E-state index contributed by atoms with van der Waals surface area (Å²) in [5.74, 6) is 2.79. The lowest BCUT2D eigenvalue weighted by atomic mass is 9.72. The normalized spacial score (nSPS) is 22.4. The van der Waals surface area contributed by atoms with Gasteiger partial charge in [0, 0.05) is 13.1 Å². The summed E-state index contributed by atoms with van der Waals surface area (Å²) in [5.41, 5.74) is 8.26. The molecule has 0 aromatic heterocycles. The van der Waals surface area contributed by atoms with Crippen molar-refractivity contribution in [3.63, 3.8) is 0 Å². The third-order valence-corrected chi connectivity index (χ3v) is 15.6. The maximum atomic E-state index is 12.0. The lowest BCUT2D eigenvalue weighted by Crippen LogP contribution is -2.36. The van der Waals surface area contributed by atoms with Gasteiger partial charge in [0.05, 0.1) is 30.7 Å². The summed E-state index contributed by atoms with van der Waals surface area (Å²) in [6, 6.07) is 34.7. The van der Waals surface area contributed by atoms with Crippen molar-refractivity contribution in [3.05, 3.63) is 108 Å². The standard InChI is InChI=1S/C31H43NO3.C29H39NO3/c1-5-34-30(33)26-18-20-32(21-19-26)22-23-6-8-24(9-7-23)25-10-14-28(15-11-25)35-29-16-12-27(13-17-29)31(2,3)4;1-29(2,3)25-10-14-27(15-11-25)33-26-12-8-23(9-13-26)22-6-4-21(5-7-22)20-30-18-16-24(17-19-30)28(31)32/h6-11,14-15,26-27,29H,5,12-13,16-22H2,1-4H3;4-9,12-13,24-25,27H,10-11,14-20H2,1-3H3,(H,31,32). The Labute approximate surface area is 409 Å². The first kappa shape index (κ1) is 51.2. The van der Waals surface area contributed by atoms with Crippen LogP contribution in [-0.2, 0) is 27.4 Å². The highest BCUT2D eigenvalue weighted by molar-refractivity contribution is 5.72. The summed E-state index contributed by atoms with van der Waals surface area (Å²) in [5, 5.41) is 9.16. The van der Waals surface area contributed by atoms with Crippen LogP contribution in [0.2, 0.25) is 0 Å². The Balaban J connectivity index is 0.000000202. The first-order chi connectivity index (χ1) is 32.6. The van der Waals surface area contributed by atoms with E-state index in [9.17, 15) is 9.59 Å². The van der Waals surface area contributed by atoms with Gasteiger partial charge in [-0.3, -0.25) is 19.4 Å². The Bertz CT molecular complexity index is 2140. The molecule has 0 amide bonds. The highest BCUT2D eigenvalue weighted by Gasteiger charge is 2.32. The Hall–Kier alpha value is -4.66. The minimum Gasteiger partial charge on any atom is -0.490 e. The third kappa shape index (κ3) is 14.9. The smallest absolute Gasteiger partial charge is 0.309 e. The minimum absolute atomic E-state index is 0.0270. The number of aliphatic carboxylic acids is 1. The van der Waals surface area contributed by atoms with Crippen LogP contribution in [-0.4, -0.2) is 71.8 Å². The molecule has 0 atom stereocenters. The fourth-order valence-corrected chi connectivity index (χ4v) is 11.0. The van der Waals surface area contributed by atoms with Crippen molar-refractivity contribution in [2.24, 2.45) is 34.5 Å². The topological polar surface area (TPSA) is 88.5 Å². The zero-order chi connectivity index (χ0) is 48.3. The molecular formula is C60H82N2O6. The Morgan fingerprint density at radius 3 is 1.12 bits per heavy atom. The molecule has 8 nitrogen and oxygen atoms in total. The van der Waals surface area contributed by atoms with Crippen LogP contribution in [0.15, 0.2) is 97.1 Å². The van der Waals surface area contributed by atoms with E-state index in [1.807, 2.05) is 6.92 Å². The van der Waals surface area contributed by atoms with Crippen molar-refractivity contribution in [3.8, 4) is 33.8 Å². The van der Waals surface area contributed by atoms with Crippen LogP contribution in [0.3, 0.4) is 0 Å². The van der Waals surface area contributed by atoms with Crippen molar-refractivity contribution in [2.45, 2.75) is 151 Å². The number of likely N-dealkylation sites (tertiary alicyclic amines) is 2. The molecule has 2 saturated heterocycles. The number of hydrogen-bond donors (Lipinski definition) is 1. The zero-order valence-electron chi connectivity index (χ0n) is 42.5. The van der Waals surface area contributed by atoms with E-state index in [1.165, 1.54) is 59.1 Å². The molecule has 4 fully saturated rings. The van der Waals surface area contributed by atoms with Gasteiger partial charge in [-0.2, -0.15) is 0 Å². The number of piperidine rings is 2. The van der Waals surface area contributed by atoms with Crippen molar-refractivity contribution < 1.29 is 28.9 Å². The summed E-state index contributed by atoms with van der Waals surface area (Å²) in [6.07, 6.45) is 13.6. The van der Waals surface area contributed by atoms with Gasteiger partial charge in [0.2, 0.25) is 0 Å². The van der Waals surface area contributed by atoms with Gasteiger partial charge in [0.15, 0.2) is 0 Å². The van der Waals surface area contributed by atoms with Gasteiger partial charge in [0.25, 0.3) is 0 Å². The monoisotopic (exact) mass is 927 g/mol.